The van der Waals surface area contributed by atoms with E-state index in [4.69, 9.17) is 9.47 Å². The molecule has 2 aromatic carbocycles. The zero-order valence-electron chi connectivity index (χ0n) is 18.5. The Morgan fingerprint density at radius 2 is 1.74 bits per heavy atom. The van der Waals surface area contributed by atoms with Gasteiger partial charge in [-0.3, -0.25) is 29.8 Å². The lowest BCUT2D eigenvalue weighted by atomic mass is 10.1. The number of imide groups is 1. The first-order valence-corrected chi connectivity index (χ1v) is 11.3. The van der Waals surface area contributed by atoms with E-state index in [2.05, 4.69) is 4.72 Å². The van der Waals surface area contributed by atoms with Gasteiger partial charge in [0.1, 0.15) is 11.8 Å². The van der Waals surface area contributed by atoms with Crippen LogP contribution in [0.4, 0.5) is 5.69 Å². The van der Waals surface area contributed by atoms with Gasteiger partial charge in [0.15, 0.2) is 6.61 Å². The number of rotatable bonds is 10. The highest BCUT2D eigenvalue weighted by atomic mass is 32.2. The number of sulfonamides is 1. The molecule has 0 aromatic heterocycles. The van der Waals surface area contributed by atoms with E-state index in [0.717, 1.165) is 6.07 Å². The SMILES string of the molecule is COc1ccc(S(=O)(=O)NC(C(=O)OCC(=O)NC(=O)c2cccc([N+](=O)[O-])c2)C(C)C)cc1. The topological polar surface area (TPSA) is 171 Å². The van der Waals surface area contributed by atoms with Crippen LogP contribution in [-0.4, -0.2) is 50.9 Å². The van der Waals surface area contributed by atoms with E-state index < -0.39 is 51.3 Å². The van der Waals surface area contributed by atoms with Crippen molar-refractivity contribution < 1.29 is 37.2 Å². The number of methoxy groups -OCH3 is 1. The molecule has 0 saturated heterocycles. The van der Waals surface area contributed by atoms with E-state index in [1.165, 1.54) is 49.6 Å². The second-order valence-electron chi connectivity index (χ2n) is 7.31. The Hall–Kier alpha value is -3.84. The van der Waals surface area contributed by atoms with Crippen molar-refractivity contribution in [3.8, 4) is 5.75 Å². The summed E-state index contributed by atoms with van der Waals surface area (Å²) < 4.78 is 37.4. The van der Waals surface area contributed by atoms with Gasteiger partial charge in [0.05, 0.1) is 16.9 Å². The van der Waals surface area contributed by atoms with Crippen molar-refractivity contribution in [2.24, 2.45) is 5.92 Å². The fourth-order valence-electron chi connectivity index (χ4n) is 2.67. The second kappa shape index (κ2) is 11.3. The second-order valence-corrected chi connectivity index (χ2v) is 9.02. The van der Waals surface area contributed by atoms with Crippen molar-refractivity contribution in [2.45, 2.75) is 24.8 Å². The molecule has 0 aliphatic heterocycles. The summed E-state index contributed by atoms with van der Waals surface area (Å²) in [6.07, 6.45) is 0. The number of nitrogens with zero attached hydrogens (tertiary/aromatic N) is 1. The van der Waals surface area contributed by atoms with E-state index in [-0.39, 0.29) is 16.1 Å². The number of hydrogen-bond acceptors (Lipinski definition) is 9. The molecule has 0 aliphatic carbocycles. The molecule has 0 saturated carbocycles. The molecule has 0 aliphatic rings. The van der Waals surface area contributed by atoms with Crippen LogP contribution < -0.4 is 14.8 Å². The number of carbonyl (C=O) groups is 3. The number of benzene rings is 2. The Morgan fingerprint density at radius 3 is 2.29 bits per heavy atom. The molecule has 0 radical (unpaired) electrons. The highest BCUT2D eigenvalue weighted by Gasteiger charge is 2.30. The van der Waals surface area contributed by atoms with Crippen LogP contribution in [-0.2, 0) is 24.3 Å². The number of non-ortho nitro benzene ring substituents is 1. The summed E-state index contributed by atoms with van der Waals surface area (Å²) in [6.45, 7) is 2.29. The summed E-state index contributed by atoms with van der Waals surface area (Å²) in [7, 11) is -2.66. The van der Waals surface area contributed by atoms with Crippen LogP contribution in [0.3, 0.4) is 0 Å². The van der Waals surface area contributed by atoms with Gasteiger partial charge >= 0.3 is 5.97 Å². The number of carbonyl (C=O) groups excluding carboxylic acids is 3. The van der Waals surface area contributed by atoms with Crippen LogP contribution in [0.5, 0.6) is 5.75 Å². The largest absolute Gasteiger partial charge is 0.497 e. The Morgan fingerprint density at radius 1 is 1.09 bits per heavy atom. The van der Waals surface area contributed by atoms with E-state index in [1.54, 1.807) is 13.8 Å². The van der Waals surface area contributed by atoms with Gasteiger partial charge in [-0.25, -0.2) is 8.42 Å². The van der Waals surface area contributed by atoms with Crippen LogP contribution in [0.25, 0.3) is 0 Å². The Kier molecular flexibility index (Phi) is 8.81. The number of nitro groups is 1. The van der Waals surface area contributed by atoms with Crippen LogP contribution in [0.1, 0.15) is 24.2 Å². The van der Waals surface area contributed by atoms with Crippen LogP contribution in [0.2, 0.25) is 0 Å². The average Bonchev–Trinajstić information content (AvgIpc) is 2.80. The van der Waals surface area contributed by atoms with E-state index in [1.807, 2.05) is 5.32 Å². The van der Waals surface area contributed by atoms with Crippen molar-refractivity contribution in [3.05, 3.63) is 64.2 Å². The third kappa shape index (κ3) is 7.08. The molecule has 1 unspecified atom stereocenters. The lowest BCUT2D eigenvalue weighted by Crippen LogP contribution is -2.46. The lowest BCUT2D eigenvalue weighted by Gasteiger charge is -2.20. The molecular weight excluding hydrogens is 470 g/mol. The monoisotopic (exact) mass is 493 g/mol. The molecule has 2 amide bonds. The van der Waals surface area contributed by atoms with Crippen molar-refractivity contribution in [2.75, 3.05) is 13.7 Å². The number of esters is 1. The molecular formula is C21H23N3O9S. The first kappa shape index (κ1) is 26.4. The predicted octanol–water partition coefficient (Wildman–Crippen LogP) is 1.41. The molecule has 2 aromatic rings. The van der Waals surface area contributed by atoms with E-state index in [9.17, 15) is 32.9 Å². The minimum absolute atomic E-state index is 0.105. The van der Waals surface area contributed by atoms with Crippen molar-refractivity contribution in [1.82, 2.24) is 10.0 Å². The molecule has 34 heavy (non-hydrogen) atoms. The van der Waals surface area contributed by atoms with Crippen LogP contribution in [0, 0.1) is 16.0 Å². The minimum Gasteiger partial charge on any atom is -0.497 e. The molecule has 0 spiro atoms. The van der Waals surface area contributed by atoms with Crippen molar-refractivity contribution in [3.63, 3.8) is 0 Å². The lowest BCUT2D eigenvalue weighted by molar-refractivity contribution is -0.384. The van der Waals surface area contributed by atoms with Gasteiger partial charge in [-0.15, -0.1) is 0 Å². The van der Waals surface area contributed by atoms with Gasteiger partial charge in [0.2, 0.25) is 10.0 Å². The van der Waals surface area contributed by atoms with Crippen LogP contribution >= 0.6 is 0 Å². The van der Waals surface area contributed by atoms with E-state index in [0.29, 0.717) is 5.75 Å². The normalized spacial score (nSPS) is 12.0. The summed E-state index contributed by atoms with van der Waals surface area (Å²) in [5.74, 6) is -3.03. The molecule has 2 rings (SSSR count). The molecule has 0 bridgehead atoms. The Bertz CT molecular complexity index is 1180. The van der Waals surface area contributed by atoms with Gasteiger partial charge in [0, 0.05) is 17.7 Å². The standard InChI is InChI=1S/C21H23N3O9S/c1-13(2)19(23-34(30,31)17-9-7-16(32-3)8-10-17)21(27)33-12-18(25)22-20(26)14-5-4-6-15(11-14)24(28)29/h4-11,13,19,23H,12H2,1-3H3,(H,22,25,26). The van der Waals surface area contributed by atoms with Crippen molar-refractivity contribution >= 4 is 33.5 Å². The molecule has 0 fully saturated rings. The maximum absolute atomic E-state index is 12.6. The maximum atomic E-state index is 12.6. The zero-order chi connectivity index (χ0) is 25.5. The van der Waals surface area contributed by atoms with Crippen LogP contribution in [0.15, 0.2) is 53.4 Å². The van der Waals surface area contributed by atoms with E-state index >= 15 is 0 Å². The van der Waals surface area contributed by atoms with Gasteiger partial charge in [0.25, 0.3) is 17.5 Å². The highest BCUT2D eigenvalue weighted by molar-refractivity contribution is 7.89. The van der Waals surface area contributed by atoms with Gasteiger partial charge in [-0.2, -0.15) is 4.72 Å². The fourth-order valence-corrected chi connectivity index (χ4v) is 4.00. The first-order chi connectivity index (χ1) is 15.9. The number of ether oxygens (including phenoxy) is 2. The highest BCUT2D eigenvalue weighted by Crippen LogP contribution is 2.17. The smallest absolute Gasteiger partial charge is 0.324 e. The Labute approximate surface area is 195 Å². The molecule has 13 heteroatoms. The first-order valence-electron chi connectivity index (χ1n) is 9.86. The third-order valence-electron chi connectivity index (χ3n) is 4.49. The minimum atomic E-state index is -4.10. The molecule has 1 atom stereocenters. The average molecular weight is 493 g/mol. The molecule has 182 valence electrons. The zero-order valence-corrected chi connectivity index (χ0v) is 19.3. The Balaban J connectivity index is 2.00. The fraction of sp³-hybridized carbons (Fsp3) is 0.286. The van der Waals surface area contributed by atoms with Crippen molar-refractivity contribution in [1.29, 1.82) is 0 Å². The third-order valence-corrected chi connectivity index (χ3v) is 5.95. The number of hydrogen-bond donors (Lipinski definition) is 2. The predicted molar refractivity (Wildman–Crippen MR) is 118 cm³/mol. The number of nitro benzene ring substituents is 1. The summed E-state index contributed by atoms with van der Waals surface area (Å²) in [5.41, 5.74) is -0.475. The molecule has 12 nitrogen and oxygen atoms in total. The molecule has 0 heterocycles. The molecule has 2 N–H and O–H groups in total. The maximum Gasteiger partial charge on any atom is 0.324 e. The quantitative estimate of drug-likeness (QED) is 0.282. The number of amides is 2. The summed E-state index contributed by atoms with van der Waals surface area (Å²) in [5, 5.41) is 12.8. The van der Waals surface area contributed by atoms with Gasteiger partial charge in [-0.05, 0) is 36.2 Å². The summed E-state index contributed by atoms with van der Waals surface area (Å²) >= 11 is 0. The summed E-state index contributed by atoms with van der Waals surface area (Å²) in [6, 6.07) is 8.89. The van der Waals surface area contributed by atoms with Gasteiger partial charge in [-0.1, -0.05) is 19.9 Å². The number of nitrogens with one attached hydrogen (secondary N) is 2. The van der Waals surface area contributed by atoms with Gasteiger partial charge < -0.3 is 9.47 Å². The summed E-state index contributed by atoms with van der Waals surface area (Å²) in [4.78, 5) is 46.6.